The number of aryl methyl sites for hydroxylation is 1. The van der Waals surface area contributed by atoms with Crippen LogP contribution in [0.4, 0.5) is 4.39 Å². The molecule has 29 heavy (non-hydrogen) atoms. The number of rotatable bonds is 7. The highest BCUT2D eigenvalue weighted by Crippen LogP contribution is 2.45. The number of nitrogens with two attached hydrogens (primary N) is 1. The van der Waals surface area contributed by atoms with E-state index in [2.05, 4.69) is 9.97 Å². The monoisotopic (exact) mass is 403 g/mol. The highest BCUT2D eigenvalue weighted by atomic mass is 19.1. The third-order valence-electron chi connectivity index (χ3n) is 6.04. The summed E-state index contributed by atoms with van der Waals surface area (Å²) in [5.41, 5.74) is 7.39. The van der Waals surface area contributed by atoms with Crippen LogP contribution in [0.5, 0.6) is 5.88 Å². The van der Waals surface area contributed by atoms with Gasteiger partial charge in [0.05, 0.1) is 36.0 Å². The molecular weight excluding hydrogens is 377 g/mol. The second kappa shape index (κ2) is 7.84. The summed E-state index contributed by atoms with van der Waals surface area (Å²) < 4.78 is 31.0. The van der Waals surface area contributed by atoms with Crippen molar-refractivity contribution in [3.63, 3.8) is 0 Å². The Morgan fingerprint density at radius 2 is 2.10 bits per heavy atom. The molecule has 8 heteroatoms. The molecule has 2 bridgehead atoms. The smallest absolute Gasteiger partial charge is 0.344 e. The number of hydrogen-bond acceptors (Lipinski definition) is 7. The lowest BCUT2D eigenvalue weighted by Gasteiger charge is -2.51. The van der Waals surface area contributed by atoms with E-state index in [9.17, 15) is 9.18 Å². The van der Waals surface area contributed by atoms with Crippen LogP contribution < -0.4 is 10.5 Å². The van der Waals surface area contributed by atoms with Crippen LogP contribution in [0.15, 0.2) is 18.3 Å². The van der Waals surface area contributed by atoms with Crippen molar-refractivity contribution in [3.05, 3.63) is 29.7 Å². The van der Waals surface area contributed by atoms with Gasteiger partial charge in [-0.25, -0.2) is 14.2 Å². The fourth-order valence-corrected chi connectivity index (χ4v) is 4.20. The van der Waals surface area contributed by atoms with Gasteiger partial charge in [-0.1, -0.05) is 0 Å². The van der Waals surface area contributed by atoms with E-state index in [0.29, 0.717) is 36.0 Å². The van der Waals surface area contributed by atoms with Gasteiger partial charge in [-0.2, -0.15) is 0 Å². The zero-order valence-corrected chi connectivity index (χ0v) is 16.6. The molecule has 4 heterocycles. The second-order valence-electron chi connectivity index (χ2n) is 8.03. The summed E-state index contributed by atoms with van der Waals surface area (Å²) in [6, 6.07) is 3.33. The number of ether oxygens (including phenoxy) is 3. The first-order valence-corrected chi connectivity index (χ1v) is 10.1. The maximum Gasteiger partial charge on any atom is 0.344 e. The minimum absolute atomic E-state index is 0.191. The molecule has 156 valence electrons. The normalized spacial score (nSPS) is 25.9. The first-order valence-electron chi connectivity index (χ1n) is 10.1. The molecule has 0 amide bonds. The van der Waals surface area contributed by atoms with Gasteiger partial charge in [0.2, 0.25) is 5.88 Å². The average Bonchev–Trinajstić information content (AvgIpc) is 2.73. The molecule has 5 rings (SSSR count). The summed E-state index contributed by atoms with van der Waals surface area (Å²) in [6.07, 6.45) is 6.09. The summed E-state index contributed by atoms with van der Waals surface area (Å²) in [6.45, 7) is 2.32. The quantitative estimate of drug-likeness (QED) is 0.710. The Kier molecular flexibility index (Phi) is 5.40. The van der Waals surface area contributed by atoms with E-state index in [0.717, 1.165) is 25.7 Å². The highest BCUT2D eigenvalue weighted by Gasteiger charge is 2.47. The second-order valence-corrected chi connectivity index (χ2v) is 8.03. The lowest BCUT2D eigenvalue weighted by atomic mass is 9.70. The fraction of sp³-hybridized carbons (Fsp3) is 0.571. The van der Waals surface area contributed by atoms with Crippen LogP contribution in [0, 0.1) is 5.82 Å². The van der Waals surface area contributed by atoms with Crippen molar-refractivity contribution in [1.82, 2.24) is 9.97 Å². The lowest BCUT2D eigenvalue weighted by molar-refractivity contribution is -0.156. The SMILES string of the molecule is CCOC(=O)COc1ccc2ncc(F)c(CCC34CCC(N)(CC3)CO4)c2n1. The van der Waals surface area contributed by atoms with E-state index in [4.69, 9.17) is 19.9 Å². The molecule has 2 aromatic rings. The van der Waals surface area contributed by atoms with Gasteiger partial charge in [0, 0.05) is 17.2 Å². The maximum absolute atomic E-state index is 14.6. The van der Waals surface area contributed by atoms with Crippen molar-refractivity contribution in [2.75, 3.05) is 19.8 Å². The molecule has 1 saturated carbocycles. The van der Waals surface area contributed by atoms with E-state index in [1.807, 2.05) is 0 Å². The van der Waals surface area contributed by atoms with E-state index in [1.54, 1.807) is 19.1 Å². The zero-order chi connectivity index (χ0) is 20.5. The van der Waals surface area contributed by atoms with Gasteiger partial charge in [-0.3, -0.25) is 4.98 Å². The minimum atomic E-state index is -0.478. The number of hydrogen-bond donors (Lipinski definition) is 1. The van der Waals surface area contributed by atoms with Crippen LogP contribution >= 0.6 is 0 Å². The van der Waals surface area contributed by atoms with Crippen molar-refractivity contribution in [1.29, 1.82) is 0 Å². The predicted molar refractivity (Wildman–Crippen MR) is 104 cm³/mol. The lowest BCUT2D eigenvalue weighted by Crippen LogP contribution is -2.59. The minimum Gasteiger partial charge on any atom is -0.466 e. The molecule has 0 unspecified atom stereocenters. The van der Waals surface area contributed by atoms with Crippen molar-refractivity contribution in [2.45, 2.75) is 56.6 Å². The van der Waals surface area contributed by atoms with Crippen molar-refractivity contribution in [3.8, 4) is 5.88 Å². The predicted octanol–water partition coefficient (Wildman–Crippen LogP) is 2.68. The molecule has 1 aliphatic carbocycles. The van der Waals surface area contributed by atoms with Gasteiger partial charge in [-0.05, 0) is 51.5 Å². The van der Waals surface area contributed by atoms with Crippen LogP contribution in [-0.2, 0) is 20.7 Å². The Balaban J connectivity index is 1.52. The van der Waals surface area contributed by atoms with Crippen LogP contribution in [0.25, 0.3) is 11.0 Å². The molecule has 2 aliphatic heterocycles. The van der Waals surface area contributed by atoms with Crippen molar-refractivity contribution in [2.24, 2.45) is 5.73 Å². The maximum atomic E-state index is 14.6. The van der Waals surface area contributed by atoms with Gasteiger partial charge in [0.25, 0.3) is 0 Å². The first kappa shape index (κ1) is 20.0. The van der Waals surface area contributed by atoms with Crippen LogP contribution in [0.2, 0.25) is 0 Å². The van der Waals surface area contributed by atoms with Crippen LogP contribution in [0.3, 0.4) is 0 Å². The fourth-order valence-electron chi connectivity index (χ4n) is 4.20. The summed E-state index contributed by atoms with van der Waals surface area (Å²) in [7, 11) is 0. The Labute approximate surface area is 168 Å². The first-order chi connectivity index (χ1) is 13.9. The third kappa shape index (κ3) is 4.18. The van der Waals surface area contributed by atoms with E-state index in [1.165, 1.54) is 6.20 Å². The molecule has 2 aromatic heterocycles. The number of halogens is 1. The number of fused-ring (bicyclic) bond motifs is 4. The van der Waals surface area contributed by atoms with Gasteiger partial charge in [0.15, 0.2) is 6.61 Å². The Morgan fingerprint density at radius 1 is 1.31 bits per heavy atom. The Morgan fingerprint density at radius 3 is 2.79 bits per heavy atom. The number of nitrogens with zero attached hydrogens (tertiary/aromatic N) is 2. The largest absolute Gasteiger partial charge is 0.466 e. The van der Waals surface area contributed by atoms with Crippen molar-refractivity contribution < 1.29 is 23.4 Å². The van der Waals surface area contributed by atoms with Gasteiger partial charge < -0.3 is 19.9 Å². The zero-order valence-electron chi connectivity index (χ0n) is 16.6. The number of aromatic nitrogens is 2. The number of esters is 1. The number of pyridine rings is 2. The van der Waals surface area contributed by atoms with Crippen molar-refractivity contribution >= 4 is 17.0 Å². The van der Waals surface area contributed by atoms with Gasteiger partial charge in [0.1, 0.15) is 5.82 Å². The molecule has 3 aliphatic rings. The Hall–Kier alpha value is -2.32. The summed E-state index contributed by atoms with van der Waals surface area (Å²) in [4.78, 5) is 20.0. The molecule has 7 nitrogen and oxygen atoms in total. The molecule has 0 spiro atoms. The van der Waals surface area contributed by atoms with Gasteiger partial charge >= 0.3 is 5.97 Å². The summed E-state index contributed by atoms with van der Waals surface area (Å²) in [5, 5.41) is 0. The average molecular weight is 403 g/mol. The number of carbonyl (C=O) groups is 1. The third-order valence-corrected chi connectivity index (χ3v) is 6.04. The molecule has 0 aromatic carbocycles. The summed E-state index contributed by atoms with van der Waals surface area (Å²) >= 11 is 0. The van der Waals surface area contributed by atoms with Crippen LogP contribution in [0.1, 0.15) is 44.6 Å². The van der Waals surface area contributed by atoms with E-state index >= 15 is 0 Å². The molecule has 0 atom stereocenters. The molecule has 0 radical (unpaired) electrons. The molecule has 2 saturated heterocycles. The van der Waals surface area contributed by atoms with E-state index < -0.39 is 11.8 Å². The highest BCUT2D eigenvalue weighted by molar-refractivity contribution is 5.78. The molecule has 3 fully saturated rings. The topological polar surface area (TPSA) is 96.6 Å². The van der Waals surface area contributed by atoms with Gasteiger partial charge in [-0.15, -0.1) is 0 Å². The summed E-state index contributed by atoms with van der Waals surface area (Å²) in [5.74, 6) is -0.644. The molecular formula is C21H26FN3O4. The van der Waals surface area contributed by atoms with Crippen LogP contribution in [-0.4, -0.2) is 46.9 Å². The molecule has 2 N–H and O–H groups in total. The van der Waals surface area contributed by atoms with E-state index in [-0.39, 0.29) is 30.2 Å². The standard InChI is InChI=1S/C21H26FN3O4/c1-2-27-18(26)12-28-17-4-3-16-19(25-17)14(15(22)11-24-16)5-6-21-9-7-20(23,8-10-21)13-29-21/h3-4,11H,2,5-10,12-13,23H2,1H3. The Bertz CT molecular complexity index is 896. The number of carbonyl (C=O) groups excluding carboxylic acids is 1.